The molecule has 2 aliphatic rings. The van der Waals surface area contributed by atoms with Gasteiger partial charge in [-0.25, -0.2) is 4.39 Å². The Hall–Kier alpha value is -3.03. The van der Waals surface area contributed by atoms with Crippen LogP contribution in [0.2, 0.25) is 0 Å². The second-order valence-corrected chi connectivity index (χ2v) is 8.63. The highest BCUT2D eigenvalue weighted by molar-refractivity contribution is 6.04. The van der Waals surface area contributed by atoms with Crippen molar-refractivity contribution >= 4 is 11.7 Å². The fourth-order valence-corrected chi connectivity index (χ4v) is 4.19. The van der Waals surface area contributed by atoms with E-state index in [0.29, 0.717) is 30.1 Å². The lowest BCUT2D eigenvalue weighted by Crippen LogP contribution is -2.49. The fraction of sp³-hybridized carbons (Fsp3) is 0.417. The Morgan fingerprint density at radius 3 is 2.24 bits per heavy atom. The number of rotatable bonds is 6. The highest BCUT2D eigenvalue weighted by Gasteiger charge is 2.39. The Labute approximate surface area is 207 Å². The maximum Gasteiger partial charge on any atom is 0.416 e. The second kappa shape index (κ2) is 10.4. The number of carbonyl (C=O) groups is 1. The van der Waals surface area contributed by atoms with Crippen LogP contribution < -0.4 is 5.32 Å². The number of aliphatic imine (C=N–C) groups is 1. The van der Waals surface area contributed by atoms with Crippen molar-refractivity contribution < 1.29 is 45.0 Å². The van der Waals surface area contributed by atoms with Crippen LogP contribution in [0.1, 0.15) is 41.3 Å². The Morgan fingerprint density at radius 1 is 1.08 bits per heavy atom. The van der Waals surface area contributed by atoms with Crippen molar-refractivity contribution in [3.63, 3.8) is 0 Å². The van der Waals surface area contributed by atoms with E-state index in [4.69, 9.17) is 9.47 Å². The second-order valence-electron chi connectivity index (χ2n) is 8.63. The van der Waals surface area contributed by atoms with Gasteiger partial charge in [0.2, 0.25) is 5.91 Å². The summed E-state index contributed by atoms with van der Waals surface area (Å²) in [5.41, 5.74) is -2.72. The Bertz CT molecular complexity index is 1130. The van der Waals surface area contributed by atoms with Crippen LogP contribution in [0.5, 0.6) is 0 Å². The fourth-order valence-electron chi connectivity index (χ4n) is 4.19. The lowest BCUT2D eigenvalue weighted by atomic mass is 10.0. The zero-order valence-corrected chi connectivity index (χ0v) is 19.4. The number of ether oxygens (including phenoxy) is 2. The molecule has 0 spiro atoms. The van der Waals surface area contributed by atoms with Crippen LogP contribution in [0.3, 0.4) is 0 Å². The van der Waals surface area contributed by atoms with E-state index < -0.39 is 47.7 Å². The van der Waals surface area contributed by atoms with Crippen LogP contribution in [0.25, 0.3) is 0 Å². The molecular weight excluding hydrogens is 511 g/mol. The summed E-state index contributed by atoms with van der Waals surface area (Å²) in [6.07, 6.45) is -12.4. The van der Waals surface area contributed by atoms with Gasteiger partial charge >= 0.3 is 12.4 Å². The molecule has 0 aromatic heterocycles. The molecule has 3 atom stereocenters. The smallest absolute Gasteiger partial charge is 0.349 e. The molecule has 2 aromatic rings. The van der Waals surface area contributed by atoms with Gasteiger partial charge < -0.3 is 14.8 Å². The minimum absolute atomic E-state index is 0.0328. The Morgan fingerprint density at radius 2 is 1.70 bits per heavy atom. The van der Waals surface area contributed by atoms with E-state index in [1.165, 1.54) is 31.2 Å². The van der Waals surface area contributed by atoms with Gasteiger partial charge in [0, 0.05) is 6.54 Å². The summed E-state index contributed by atoms with van der Waals surface area (Å²) >= 11 is 0. The van der Waals surface area contributed by atoms with Crippen LogP contribution in [0.4, 0.5) is 30.7 Å². The van der Waals surface area contributed by atoms with Gasteiger partial charge in [-0.15, -0.1) is 0 Å². The van der Waals surface area contributed by atoms with E-state index in [1.54, 1.807) is 0 Å². The molecule has 0 aliphatic carbocycles. The number of carbonyl (C=O) groups excluding carboxylic acids is 1. The number of hydrogen-bond acceptors (Lipinski definition) is 5. The Balaban J connectivity index is 1.64. The number of nitrogens with one attached hydrogen (secondary N) is 1. The normalized spacial score (nSPS) is 22.1. The minimum Gasteiger partial charge on any atom is -0.349 e. The third kappa shape index (κ3) is 6.46. The average Bonchev–Trinajstić information content (AvgIpc) is 3.23. The maximum absolute atomic E-state index is 13.6. The first kappa shape index (κ1) is 27.0. The molecule has 0 bridgehead atoms. The van der Waals surface area contributed by atoms with Crippen molar-refractivity contribution in [3.05, 3.63) is 70.5 Å². The monoisotopic (exact) mass is 533 g/mol. The molecule has 2 aromatic carbocycles. The predicted octanol–water partition coefficient (Wildman–Crippen LogP) is 4.87. The van der Waals surface area contributed by atoms with Gasteiger partial charge in [-0.05, 0) is 48.4 Å². The van der Waals surface area contributed by atoms with E-state index in [0.717, 1.165) is 0 Å². The van der Waals surface area contributed by atoms with E-state index in [9.17, 15) is 35.5 Å². The number of nitrogens with zero attached hydrogens (tertiary/aromatic N) is 2. The minimum atomic E-state index is -5.00. The average molecular weight is 533 g/mol. The number of benzene rings is 2. The summed E-state index contributed by atoms with van der Waals surface area (Å²) in [6, 6.07) is 5.90. The number of halogens is 7. The summed E-state index contributed by atoms with van der Waals surface area (Å²) in [4.78, 5) is 17.5. The molecule has 1 unspecified atom stereocenters. The van der Waals surface area contributed by atoms with Crippen LogP contribution in [-0.4, -0.2) is 49.2 Å². The molecule has 0 radical (unpaired) electrons. The molecule has 1 N–H and O–H groups in total. The first-order chi connectivity index (χ1) is 17.3. The molecule has 4 rings (SSSR count). The number of amidine groups is 1. The molecular formula is C24H22F7N3O3. The van der Waals surface area contributed by atoms with Crippen LogP contribution in [0, 0.1) is 5.82 Å². The van der Waals surface area contributed by atoms with Crippen molar-refractivity contribution in [2.24, 2.45) is 4.99 Å². The summed E-state index contributed by atoms with van der Waals surface area (Å²) in [5.74, 6) is -0.402. The van der Waals surface area contributed by atoms with Gasteiger partial charge in [-0.3, -0.25) is 14.7 Å². The number of amides is 1. The largest absolute Gasteiger partial charge is 0.416 e. The molecule has 1 fully saturated rings. The summed E-state index contributed by atoms with van der Waals surface area (Å²) in [7, 11) is 0. The molecule has 6 nitrogen and oxygen atoms in total. The van der Waals surface area contributed by atoms with Crippen molar-refractivity contribution in [2.45, 2.75) is 37.7 Å². The van der Waals surface area contributed by atoms with Crippen molar-refractivity contribution in [3.8, 4) is 0 Å². The van der Waals surface area contributed by atoms with Crippen molar-refractivity contribution in [1.29, 1.82) is 0 Å². The van der Waals surface area contributed by atoms with Crippen molar-refractivity contribution in [2.75, 3.05) is 26.2 Å². The summed E-state index contributed by atoms with van der Waals surface area (Å²) in [5, 5.41) is 2.62. The van der Waals surface area contributed by atoms with Gasteiger partial charge in [-0.2, -0.15) is 26.3 Å². The maximum atomic E-state index is 13.6. The van der Waals surface area contributed by atoms with Gasteiger partial charge in [0.25, 0.3) is 0 Å². The van der Waals surface area contributed by atoms with Crippen LogP contribution in [-0.2, 0) is 26.6 Å². The third-order valence-electron chi connectivity index (χ3n) is 5.99. The Kier molecular flexibility index (Phi) is 7.58. The SMILES string of the molecule is C[C@@H](OC1OCCN(CC2=NCC(=O)N2)[C@H]1c1ccc(F)cc1)c1cc(C(F)(F)F)cc(C(F)(F)F)c1. The molecule has 2 aliphatic heterocycles. The number of alkyl halides is 6. The van der Waals surface area contributed by atoms with Gasteiger partial charge in [-0.1, -0.05) is 12.1 Å². The van der Waals surface area contributed by atoms with Gasteiger partial charge in [0.1, 0.15) is 18.2 Å². The third-order valence-corrected chi connectivity index (χ3v) is 5.99. The summed E-state index contributed by atoms with van der Waals surface area (Å²) < 4.78 is 105. The standard InChI is InChI=1S/C24H22F7N3O3/c1-13(15-8-16(23(26,27)28)10-17(9-15)24(29,30)31)37-22-21(14-2-4-18(25)5-3-14)34(6-7-36-22)12-19-32-11-20(35)33-19/h2-5,8-10,13,21-22H,6-7,11-12H2,1H3,(H,32,33,35)/t13-,21+,22?/m1/s1. The first-order valence-corrected chi connectivity index (χ1v) is 11.2. The predicted molar refractivity (Wildman–Crippen MR) is 117 cm³/mol. The van der Waals surface area contributed by atoms with Crippen LogP contribution in [0.15, 0.2) is 47.5 Å². The van der Waals surface area contributed by atoms with E-state index >= 15 is 0 Å². The van der Waals surface area contributed by atoms with Gasteiger partial charge in [0.05, 0.1) is 36.4 Å². The molecule has 2 heterocycles. The molecule has 1 amide bonds. The number of hydrogen-bond donors (Lipinski definition) is 1. The lowest BCUT2D eigenvalue weighted by molar-refractivity contribution is -0.227. The van der Waals surface area contributed by atoms with Crippen LogP contribution >= 0.6 is 0 Å². The highest BCUT2D eigenvalue weighted by Crippen LogP contribution is 2.39. The molecule has 0 saturated carbocycles. The van der Waals surface area contributed by atoms with E-state index in [1.807, 2.05) is 4.90 Å². The van der Waals surface area contributed by atoms with E-state index in [-0.39, 0.29) is 37.2 Å². The highest BCUT2D eigenvalue weighted by atomic mass is 19.4. The molecule has 1 saturated heterocycles. The zero-order chi connectivity index (χ0) is 27.0. The summed E-state index contributed by atoms with van der Waals surface area (Å²) in [6.45, 7) is 1.91. The molecule has 13 heteroatoms. The van der Waals surface area contributed by atoms with Gasteiger partial charge in [0.15, 0.2) is 6.29 Å². The molecule has 37 heavy (non-hydrogen) atoms. The van der Waals surface area contributed by atoms with E-state index in [2.05, 4.69) is 10.3 Å². The zero-order valence-electron chi connectivity index (χ0n) is 19.4. The van der Waals surface area contributed by atoms with Crippen molar-refractivity contribution in [1.82, 2.24) is 10.2 Å². The number of morpholine rings is 1. The molecule has 200 valence electrons. The lowest BCUT2D eigenvalue weighted by Gasteiger charge is -2.42. The first-order valence-electron chi connectivity index (χ1n) is 11.2. The topological polar surface area (TPSA) is 63.2 Å². The quantitative estimate of drug-likeness (QED) is 0.539.